The minimum Gasteiger partial charge on any atom is -0.465 e. The van der Waals surface area contributed by atoms with Crippen LogP contribution in [0.15, 0.2) is 30.3 Å². The van der Waals surface area contributed by atoms with Crippen LogP contribution >= 0.6 is 0 Å². The monoisotopic (exact) mass is 188 g/mol. The number of fused-ring (bicyclic) bond motifs is 1. The number of cyclic esters (lactones) is 1. The van der Waals surface area contributed by atoms with E-state index in [1.165, 1.54) is 0 Å². The van der Waals surface area contributed by atoms with Crippen LogP contribution in [-0.4, -0.2) is 12.6 Å². The molecule has 72 valence electrons. The van der Waals surface area contributed by atoms with Gasteiger partial charge < -0.3 is 4.74 Å². The Morgan fingerprint density at radius 2 is 2.07 bits per heavy atom. The first kappa shape index (κ1) is 8.04. The molecule has 1 aliphatic carbocycles. The van der Waals surface area contributed by atoms with Gasteiger partial charge in [-0.1, -0.05) is 37.3 Å². The van der Waals surface area contributed by atoms with E-state index in [0.717, 1.165) is 5.56 Å². The Hall–Kier alpha value is -1.31. The predicted molar refractivity (Wildman–Crippen MR) is 51.7 cm³/mol. The summed E-state index contributed by atoms with van der Waals surface area (Å²) < 4.78 is 5.10. The van der Waals surface area contributed by atoms with Crippen molar-refractivity contribution in [3.8, 4) is 0 Å². The molecule has 14 heavy (non-hydrogen) atoms. The van der Waals surface area contributed by atoms with Crippen LogP contribution in [0.3, 0.4) is 0 Å². The summed E-state index contributed by atoms with van der Waals surface area (Å²) in [4.78, 5) is 11.7. The molecule has 3 rings (SSSR count). The molecule has 2 heteroatoms. The van der Waals surface area contributed by atoms with Crippen LogP contribution in [0.2, 0.25) is 0 Å². The van der Waals surface area contributed by atoms with Gasteiger partial charge in [0.05, 0.1) is 6.61 Å². The first-order valence-corrected chi connectivity index (χ1v) is 5.00. The topological polar surface area (TPSA) is 26.3 Å². The fraction of sp³-hybridized carbons (Fsp3) is 0.417. The van der Waals surface area contributed by atoms with Crippen LogP contribution in [0, 0.1) is 11.8 Å². The third-order valence-corrected chi connectivity index (χ3v) is 3.78. The number of carbonyl (C=O) groups excluding carboxylic acids is 1. The first-order chi connectivity index (χ1) is 6.78. The molecule has 1 saturated heterocycles. The van der Waals surface area contributed by atoms with Crippen molar-refractivity contribution in [2.45, 2.75) is 12.3 Å². The summed E-state index contributed by atoms with van der Waals surface area (Å²) in [6.07, 6.45) is 0. The minimum absolute atomic E-state index is 0.0267. The number of rotatable bonds is 1. The molecule has 0 aromatic heterocycles. The van der Waals surface area contributed by atoms with Crippen molar-refractivity contribution in [1.82, 2.24) is 0 Å². The zero-order chi connectivity index (χ0) is 9.76. The molecule has 0 spiro atoms. The highest BCUT2D eigenvalue weighted by Gasteiger charge is 2.72. The molecule has 1 saturated carbocycles. The van der Waals surface area contributed by atoms with Crippen molar-refractivity contribution in [3.05, 3.63) is 35.9 Å². The van der Waals surface area contributed by atoms with Gasteiger partial charge in [0, 0.05) is 5.92 Å². The van der Waals surface area contributed by atoms with Gasteiger partial charge in [-0.2, -0.15) is 0 Å². The van der Waals surface area contributed by atoms with Crippen LogP contribution in [0.5, 0.6) is 0 Å². The van der Waals surface area contributed by atoms with Crippen molar-refractivity contribution in [3.63, 3.8) is 0 Å². The lowest BCUT2D eigenvalue weighted by Crippen LogP contribution is -2.21. The number of esters is 1. The SMILES string of the molecule is C[C@@H]1[C@H]2COC(=O)[C@@]12c1ccccc1. The van der Waals surface area contributed by atoms with Gasteiger partial charge in [-0.15, -0.1) is 0 Å². The highest BCUT2D eigenvalue weighted by atomic mass is 16.5. The highest BCUT2D eigenvalue weighted by Crippen LogP contribution is 2.63. The standard InChI is InChI=1S/C12H12O2/c1-8-10-7-14-11(13)12(8,10)9-5-3-2-4-6-9/h2-6,8,10H,7H2,1H3/t8-,10-,12-/m1/s1. The zero-order valence-corrected chi connectivity index (χ0v) is 8.07. The number of carbonyl (C=O) groups is 1. The summed E-state index contributed by atoms with van der Waals surface area (Å²) in [6, 6.07) is 10.0. The van der Waals surface area contributed by atoms with Crippen molar-refractivity contribution in [2.24, 2.45) is 11.8 Å². The normalized spacial score (nSPS) is 39.1. The van der Waals surface area contributed by atoms with E-state index in [1.807, 2.05) is 30.3 Å². The van der Waals surface area contributed by atoms with Crippen molar-refractivity contribution < 1.29 is 9.53 Å². The van der Waals surface area contributed by atoms with Gasteiger partial charge in [0.2, 0.25) is 0 Å². The summed E-state index contributed by atoms with van der Waals surface area (Å²) in [5.41, 5.74) is 0.835. The maximum Gasteiger partial charge on any atom is 0.317 e. The van der Waals surface area contributed by atoms with Crippen molar-refractivity contribution >= 4 is 5.97 Å². The Kier molecular flexibility index (Phi) is 1.37. The Morgan fingerprint density at radius 1 is 1.36 bits per heavy atom. The second-order valence-electron chi connectivity index (χ2n) is 4.23. The second kappa shape index (κ2) is 2.38. The van der Waals surface area contributed by atoms with Crippen LogP contribution in [0.1, 0.15) is 12.5 Å². The predicted octanol–water partition coefficient (Wildman–Crippen LogP) is 1.75. The van der Waals surface area contributed by atoms with E-state index in [0.29, 0.717) is 18.4 Å². The number of ether oxygens (including phenoxy) is 1. The van der Waals surface area contributed by atoms with Gasteiger partial charge in [0.25, 0.3) is 0 Å². The van der Waals surface area contributed by atoms with Gasteiger partial charge in [0.15, 0.2) is 0 Å². The Balaban J connectivity index is 2.10. The van der Waals surface area contributed by atoms with E-state index in [1.54, 1.807) is 0 Å². The molecule has 1 aliphatic heterocycles. The van der Waals surface area contributed by atoms with Crippen LogP contribution in [0.25, 0.3) is 0 Å². The molecule has 0 radical (unpaired) electrons. The maximum absolute atomic E-state index is 11.7. The Bertz CT molecular complexity index is 385. The van der Waals surface area contributed by atoms with E-state index in [2.05, 4.69) is 6.92 Å². The molecule has 2 aliphatic rings. The van der Waals surface area contributed by atoms with E-state index in [4.69, 9.17) is 4.74 Å². The van der Waals surface area contributed by atoms with E-state index < -0.39 is 0 Å². The number of benzene rings is 1. The van der Waals surface area contributed by atoms with Gasteiger partial charge in [-0.25, -0.2) is 0 Å². The molecule has 3 atom stereocenters. The number of hydrogen-bond acceptors (Lipinski definition) is 2. The Morgan fingerprint density at radius 3 is 2.64 bits per heavy atom. The van der Waals surface area contributed by atoms with Crippen molar-refractivity contribution in [2.75, 3.05) is 6.61 Å². The summed E-state index contributed by atoms with van der Waals surface area (Å²) in [6.45, 7) is 2.74. The lowest BCUT2D eigenvalue weighted by molar-refractivity contribution is -0.143. The highest BCUT2D eigenvalue weighted by molar-refractivity contribution is 5.90. The molecular formula is C12H12O2. The molecule has 0 N–H and O–H groups in total. The smallest absolute Gasteiger partial charge is 0.317 e. The van der Waals surface area contributed by atoms with E-state index >= 15 is 0 Å². The van der Waals surface area contributed by atoms with E-state index in [9.17, 15) is 4.79 Å². The quantitative estimate of drug-likeness (QED) is 0.627. The van der Waals surface area contributed by atoms with Crippen LogP contribution in [-0.2, 0) is 14.9 Å². The van der Waals surface area contributed by atoms with Gasteiger partial charge >= 0.3 is 5.97 Å². The lowest BCUT2D eigenvalue weighted by Gasteiger charge is -2.11. The summed E-state index contributed by atoms with van der Waals surface area (Å²) in [7, 11) is 0. The largest absolute Gasteiger partial charge is 0.465 e. The average Bonchev–Trinajstić information content (AvgIpc) is 2.64. The molecule has 1 aromatic carbocycles. The molecule has 2 nitrogen and oxygen atoms in total. The van der Waals surface area contributed by atoms with Gasteiger partial charge in [-0.05, 0) is 11.5 Å². The summed E-state index contributed by atoms with van der Waals surface area (Å²) in [5.74, 6) is 0.838. The number of hydrogen-bond donors (Lipinski definition) is 0. The minimum atomic E-state index is -0.290. The van der Waals surface area contributed by atoms with Crippen LogP contribution in [0.4, 0.5) is 0 Å². The molecular weight excluding hydrogens is 176 g/mol. The molecule has 1 aromatic rings. The van der Waals surface area contributed by atoms with Crippen LogP contribution < -0.4 is 0 Å². The molecule has 0 unspecified atom stereocenters. The second-order valence-corrected chi connectivity index (χ2v) is 4.23. The van der Waals surface area contributed by atoms with Gasteiger partial charge in [-0.3, -0.25) is 4.79 Å². The maximum atomic E-state index is 11.7. The lowest BCUT2D eigenvalue weighted by atomic mass is 9.93. The fourth-order valence-corrected chi connectivity index (χ4v) is 2.86. The molecule has 1 heterocycles. The average molecular weight is 188 g/mol. The van der Waals surface area contributed by atoms with E-state index in [-0.39, 0.29) is 11.4 Å². The fourth-order valence-electron chi connectivity index (χ4n) is 2.86. The zero-order valence-electron chi connectivity index (χ0n) is 8.07. The molecule has 0 bridgehead atoms. The molecule has 2 fully saturated rings. The van der Waals surface area contributed by atoms with Gasteiger partial charge in [0.1, 0.15) is 5.41 Å². The summed E-state index contributed by atoms with van der Waals surface area (Å²) in [5, 5.41) is 0. The third kappa shape index (κ3) is 0.707. The summed E-state index contributed by atoms with van der Waals surface area (Å²) >= 11 is 0. The Labute approximate surface area is 82.9 Å². The molecule has 0 amide bonds. The van der Waals surface area contributed by atoms with Crippen molar-refractivity contribution in [1.29, 1.82) is 0 Å². The first-order valence-electron chi connectivity index (χ1n) is 5.00. The third-order valence-electron chi connectivity index (χ3n) is 3.78.